The molecule has 0 saturated carbocycles. The number of benzene rings is 2. The van der Waals surface area contributed by atoms with Crippen molar-refractivity contribution in [3.05, 3.63) is 54.1 Å². The van der Waals surface area contributed by atoms with E-state index in [4.69, 9.17) is 0 Å². The number of hydrogen-bond donors (Lipinski definition) is 2. The van der Waals surface area contributed by atoms with Crippen molar-refractivity contribution < 1.29 is 27.5 Å². The minimum Gasteiger partial charge on any atom is -0.406 e. The van der Waals surface area contributed by atoms with Crippen LogP contribution in [0.1, 0.15) is 12.0 Å². The monoisotopic (exact) mass is 393 g/mol. The van der Waals surface area contributed by atoms with Crippen molar-refractivity contribution in [3.63, 3.8) is 0 Å². The zero-order valence-corrected chi connectivity index (χ0v) is 14.9. The number of anilines is 2. The average Bonchev–Trinajstić information content (AvgIpc) is 2.96. The summed E-state index contributed by atoms with van der Waals surface area (Å²) in [5.74, 6) is -0.476. The molecule has 28 heavy (non-hydrogen) atoms. The molecule has 1 fully saturated rings. The van der Waals surface area contributed by atoms with Crippen molar-refractivity contribution in [1.82, 2.24) is 5.32 Å². The van der Waals surface area contributed by atoms with Crippen molar-refractivity contribution in [2.45, 2.75) is 25.7 Å². The lowest BCUT2D eigenvalue weighted by Gasteiger charge is -2.17. The second-order valence-corrected chi connectivity index (χ2v) is 6.41. The zero-order chi connectivity index (χ0) is 20.3. The molecule has 1 saturated heterocycles. The quantitative estimate of drug-likeness (QED) is 0.830. The molecule has 6 nitrogen and oxygen atoms in total. The van der Waals surface area contributed by atoms with Crippen molar-refractivity contribution in [1.29, 1.82) is 0 Å². The summed E-state index contributed by atoms with van der Waals surface area (Å²) < 4.78 is 40.2. The third-order valence-corrected chi connectivity index (χ3v) is 4.15. The van der Waals surface area contributed by atoms with Gasteiger partial charge in [0, 0.05) is 24.3 Å². The SMILES string of the molecule is Cc1ccc(N2C[C@H](NC(=O)Nc3ccc(OC(F)(F)F)cc3)CC2=O)cc1. The Labute approximate surface area is 159 Å². The van der Waals surface area contributed by atoms with Crippen LogP contribution in [0.5, 0.6) is 5.75 Å². The fraction of sp³-hybridized carbons (Fsp3) is 0.263. The lowest BCUT2D eigenvalue weighted by molar-refractivity contribution is -0.274. The summed E-state index contributed by atoms with van der Waals surface area (Å²) in [6, 6.07) is 11.4. The average molecular weight is 393 g/mol. The third kappa shape index (κ3) is 5.15. The van der Waals surface area contributed by atoms with Crippen molar-refractivity contribution in [2.24, 2.45) is 0 Å². The Bertz CT molecular complexity index is 851. The Kier molecular flexibility index (Phi) is 5.43. The number of urea groups is 1. The number of amides is 3. The molecule has 0 radical (unpaired) electrons. The van der Waals surface area contributed by atoms with Crippen LogP contribution in [0.15, 0.2) is 48.5 Å². The Morgan fingerprint density at radius 1 is 1.11 bits per heavy atom. The van der Waals surface area contributed by atoms with Crippen molar-refractivity contribution in [2.75, 3.05) is 16.8 Å². The molecule has 148 valence electrons. The fourth-order valence-electron chi connectivity index (χ4n) is 2.87. The number of alkyl halides is 3. The minimum absolute atomic E-state index is 0.0946. The molecule has 1 heterocycles. The molecule has 0 aromatic heterocycles. The smallest absolute Gasteiger partial charge is 0.406 e. The van der Waals surface area contributed by atoms with Crippen molar-refractivity contribution >= 4 is 23.3 Å². The number of nitrogens with zero attached hydrogens (tertiary/aromatic N) is 1. The summed E-state index contributed by atoms with van der Waals surface area (Å²) in [7, 11) is 0. The van der Waals surface area contributed by atoms with Gasteiger partial charge < -0.3 is 20.3 Å². The topological polar surface area (TPSA) is 70.7 Å². The van der Waals surface area contributed by atoms with Crippen LogP contribution in [0.2, 0.25) is 0 Å². The van der Waals surface area contributed by atoms with E-state index in [1.807, 2.05) is 31.2 Å². The first-order valence-corrected chi connectivity index (χ1v) is 8.50. The van der Waals surface area contributed by atoms with Crippen LogP contribution in [-0.2, 0) is 4.79 Å². The molecule has 1 aliphatic rings. The highest BCUT2D eigenvalue weighted by molar-refractivity contribution is 5.97. The first-order valence-electron chi connectivity index (χ1n) is 8.50. The highest BCUT2D eigenvalue weighted by Crippen LogP contribution is 2.24. The lowest BCUT2D eigenvalue weighted by atomic mass is 10.2. The van der Waals surface area contributed by atoms with E-state index in [0.29, 0.717) is 12.2 Å². The molecule has 1 aliphatic heterocycles. The van der Waals surface area contributed by atoms with Crippen molar-refractivity contribution in [3.8, 4) is 5.75 Å². The number of carbonyl (C=O) groups is 2. The van der Waals surface area contributed by atoms with E-state index >= 15 is 0 Å². The second-order valence-electron chi connectivity index (χ2n) is 6.41. The van der Waals surface area contributed by atoms with Crippen LogP contribution in [-0.4, -0.2) is 30.9 Å². The molecule has 1 atom stereocenters. The number of nitrogens with one attached hydrogen (secondary N) is 2. The molecule has 2 aromatic carbocycles. The molecule has 2 N–H and O–H groups in total. The number of aryl methyl sites for hydroxylation is 1. The number of halogens is 3. The summed E-state index contributed by atoms with van der Waals surface area (Å²) in [5, 5.41) is 5.22. The summed E-state index contributed by atoms with van der Waals surface area (Å²) in [6.45, 7) is 2.29. The number of ether oxygens (including phenoxy) is 1. The maximum absolute atomic E-state index is 12.2. The molecule has 0 unspecified atom stereocenters. The van der Waals surface area contributed by atoms with Gasteiger partial charge in [-0.05, 0) is 43.3 Å². The number of carbonyl (C=O) groups excluding carboxylic acids is 2. The van der Waals surface area contributed by atoms with E-state index in [0.717, 1.165) is 23.4 Å². The van der Waals surface area contributed by atoms with Gasteiger partial charge in [-0.2, -0.15) is 0 Å². The first kappa shape index (κ1) is 19.5. The molecule has 2 aromatic rings. The summed E-state index contributed by atoms with van der Waals surface area (Å²) in [6.07, 6.45) is -4.61. The Hall–Kier alpha value is -3.23. The normalized spacial score (nSPS) is 16.8. The van der Waals surface area contributed by atoms with E-state index in [-0.39, 0.29) is 24.1 Å². The van der Waals surface area contributed by atoms with Gasteiger partial charge >= 0.3 is 12.4 Å². The Morgan fingerprint density at radius 2 is 1.75 bits per heavy atom. The number of hydrogen-bond acceptors (Lipinski definition) is 3. The van der Waals surface area contributed by atoms with Crippen LogP contribution < -0.4 is 20.3 Å². The third-order valence-electron chi connectivity index (χ3n) is 4.15. The minimum atomic E-state index is -4.77. The first-order chi connectivity index (χ1) is 13.2. The van der Waals surface area contributed by atoms with E-state index in [2.05, 4.69) is 15.4 Å². The molecule has 0 aliphatic carbocycles. The number of rotatable bonds is 4. The Morgan fingerprint density at radius 3 is 2.36 bits per heavy atom. The van der Waals surface area contributed by atoms with Gasteiger partial charge in [0.15, 0.2) is 0 Å². The van der Waals surface area contributed by atoms with E-state index in [9.17, 15) is 22.8 Å². The summed E-state index contributed by atoms with van der Waals surface area (Å²) >= 11 is 0. The fourth-order valence-corrected chi connectivity index (χ4v) is 2.87. The summed E-state index contributed by atoms with van der Waals surface area (Å²) in [5.41, 5.74) is 2.14. The molecule has 3 rings (SSSR count). The van der Waals surface area contributed by atoms with Gasteiger partial charge in [-0.15, -0.1) is 13.2 Å². The summed E-state index contributed by atoms with van der Waals surface area (Å²) in [4.78, 5) is 25.9. The van der Waals surface area contributed by atoms with Crippen LogP contribution in [0.25, 0.3) is 0 Å². The highest BCUT2D eigenvalue weighted by Gasteiger charge is 2.32. The second kappa shape index (κ2) is 7.79. The standard InChI is InChI=1S/C19H18F3N3O3/c1-12-2-6-15(7-3-12)25-11-14(10-17(25)26)24-18(27)23-13-4-8-16(9-5-13)28-19(20,21)22/h2-9,14H,10-11H2,1H3,(H2,23,24,27)/t14-/m1/s1. The molecule has 0 spiro atoms. The highest BCUT2D eigenvalue weighted by atomic mass is 19.4. The van der Waals surface area contributed by atoms with Crippen LogP contribution in [0, 0.1) is 6.92 Å². The van der Waals surface area contributed by atoms with Gasteiger partial charge in [-0.1, -0.05) is 17.7 Å². The maximum atomic E-state index is 12.2. The predicted molar refractivity (Wildman–Crippen MR) is 97.2 cm³/mol. The molecular formula is C19H18F3N3O3. The zero-order valence-electron chi connectivity index (χ0n) is 14.9. The van der Waals surface area contributed by atoms with Gasteiger partial charge in [0.1, 0.15) is 5.75 Å². The molecule has 3 amide bonds. The largest absolute Gasteiger partial charge is 0.573 e. The molecular weight excluding hydrogens is 375 g/mol. The van der Waals surface area contributed by atoms with Gasteiger partial charge in [0.2, 0.25) is 5.91 Å². The van der Waals surface area contributed by atoms with E-state index in [1.54, 1.807) is 4.90 Å². The molecule has 0 bridgehead atoms. The van der Waals surface area contributed by atoms with Gasteiger partial charge in [-0.25, -0.2) is 4.79 Å². The van der Waals surface area contributed by atoms with Crippen LogP contribution in [0.3, 0.4) is 0 Å². The Balaban J connectivity index is 1.54. The van der Waals surface area contributed by atoms with E-state index < -0.39 is 12.4 Å². The van der Waals surface area contributed by atoms with Gasteiger partial charge in [0.25, 0.3) is 0 Å². The van der Waals surface area contributed by atoms with E-state index in [1.165, 1.54) is 12.1 Å². The molecule has 9 heteroatoms. The van der Waals surface area contributed by atoms with Gasteiger partial charge in [0.05, 0.1) is 6.04 Å². The predicted octanol–water partition coefficient (Wildman–Crippen LogP) is 3.82. The van der Waals surface area contributed by atoms with Crippen LogP contribution in [0.4, 0.5) is 29.3 Å². The lowest BCUT2D eigenvalue weighted by Crippen LogP contribution is -2.39. The van der Waals surface area contributed by atoms with Gasteiger partial charge in [-0.3, -0.25) is 4.79 Å². The van der Waals surface area contributed by atoms with Crippen LogP contribution >= 0.6 is 0 Å². The maximum Gasteiger partial charge on any atom is 0.573 e.